The van der Waals surface area contributed by atoms with Crippen molar-refractivity contribution in [3.63, 3.8) is 0 Å². The van der Waals surface area contributed by atoms with E-state index in [-0.39, 0.29) is 5.78 Å². The average molecular weight is 352 g/mol. The van der Waals surface area contributed by atoms with Crippen molar-refractivity contribution < 1.29 is 14.1 Å². The van der Waals surface area contributed by atoms with Crippen molar-refractivity contribution in [2.45, 2.75) is 52.0 Å². The molecule has 0 saturated heterocycles. The van der Waals surface area contributed by atoms with Crippen molar-refractivity contribution >= 4 is 11.9 Å². The second kappa shape index (κ2) is 11.2. The molecule has 0 N–H and O–H groups in total. The highest BCUT2D eigenvalue weighted by atomic mass is 16.5. The molecule has 138 valence electrons. The van der Waals surface area contributed by atoms with Crippen molar-refractivity contribution in [3.05, 3.63) is 66.0 Å². The molecule has 0 spiro atoms. The molecular formula is C23H30NO2+. The number of rotatable bonds is 11. The number of aromatic nitrogens is 1. The van der Waals surface area contributed by atoms with Gasteiger partial charge in [-0.05, 0) is 36.8 Å². The molecule has 26 heavy (non-hydrogen) atoms. The number of hydrogen-bond acceptors (Lipinski definition) is 2. The fourth-order valence-electron chi connectivity index (χ4n) is 2.96. The number of unbranched alkanes of at least 4 members (excludes halogenated alkanes) is 5. The predicted octanol–water partition coefficient (Wildman–Crippen LogP) is 5.24. The molecule has 0 bridgehead atoms. The standard InChI is InChI=1S/C23H30NO2/c1-3-4-5-6-7-10-17-24-18-11-12-20(19-24)15-16-22(25)21-13-8-9-14-23(21)26-2/h8-9,11-16,18-19H,3-7,10,17H2,1-2H3/q+1/b16-15+. The fourth-order valence-corrected chi connectivity index (χ4v) is 2.96. The summed E-state index contributed by atoms with van der Waals surface area (Å²) in [5.74, 6) is 0.558. The molecule has 3 heteroatoms. The second-order valence-electron chi connectivity index (χ2n) is 6.54. The van der Waals surface area contributed by atoms with E-state index >= 15 is 0 Å². The predicted molar refractivity (Wildman–Crippen MR) is 106 cm³/mol. The highest BCUT2D eigenvalue weighted by Crippen LogP contribution is 2.18. The number of allylic oxidation sites excluding steroid dienone is 1. The zero-order valence-electron chi connectivity index (χ0n) is 16.0. The van der Waals surface area contributed by atoms with E-state index in [4.69, 9.17) is 4.74 Å². The first-order valence-corrected chi connectivity index (χ1v) is 9.59. The molecule has 0 aliphatic rings. The van der Waals surface area contributed by atoms with Crippen LogP contribution in [0, 0.1) is 0 Å². The van der Waals surface area contributed by atoms with Gasteiger partial charge in [0.25, 0.3) is 0 Å². The zero-order chi connectivity index (χ0) is 18.6. The van der Waals surface area contributed by atoms with Gasteiger partial charge in [-0.3, -0.25) is 4.79 Å². The first-order chi connectivity index (χ1) is 12.7. The van der Waals surface area contributed by atoms with Crippen LogP contribution in [-0.4, -0.2) is 12.9 Å². The van der Waals surface area contributed by atoms with Crippen LogP contribution in [-0.2, 0) is 6.54 Å². The topological polar surface area (TPSA) is 30.2 Å². The Labute approximate surface area is 157 Å². The largest absolute Gasteiger partial charge is 0.496 e. The number of carbonyl (C=O) groups is 1. The molecule has 0 unspecified atom stereocenters. The molecule has 1 aromatic heterocycles. The van der Waals surface area contributed by atoms with Gasteiger partial charge in [-0.2, -0.15) is 0 Å². The monoisotopic (exact) mass is 352 g/mol. The van der Waals surface area contributed by atoms with Crippen LogP contribution < -0.4 is 9.30 Å². The quantitative estimate of drug-likeness (QED) is 0.240. The zero-order valence-corrected chi connectivity index (χ0v) is 16.0. The van der Waals surface area contributed by atoms with Crippen LogP contribution in [0.25, 0.3) is 6.08 Å². The van der Waals surface area contributed by atoms with Gasteiger partial charge in [0.15, 0.2) is 18.2 Å². The molecule has 0 radical (unpaired) electrons. The number of ether oxygens (including phenoxy) is 1. The second-order valence-corrected chi connectivity index (χ2v) is 6.54. The Balaban J connectivity index is 1.91. The molecule has 0 saturated carbocycles. The van der Waals surface area contributed by atoms with E-state index in [9.17, 15) is 4.79 Å². The number of carbonyl (C=O) groups excluding carboxylic acids is 1. The van der Waals surface area contributed by atoms with E-state index in [0.717, 1.165) is 12.1 Å². The molecule has 2 aromatic rings. The van der Waals surface area contributed by atoms with Gasteiger partial charge in [0, 0.05) is 18.1 Å². The summed E-state index contributed by atoms with van der Waals surface area (Å²) in [6.45, 7) is 3.27. The van der Waals surface area contributed by atoms with E-state index < -0.39 is 0 Å². The van der Waals surface area contributed by atoms with E-state index in [1.807, 2.05) is 30.3 Å². The molecule has 1 heterocycles. The lowest BCUT2D eigenvalue weighted by Gasteiger charge is -2.04. The third kappa shape index (κ3) is 6.47. The van der Waals surface area contributed by atoms with Gasteiger partial charge in [-0.1, -0.05) is 44.7 Å². The third-order valence-electron chi connectivity index (χ3n) is 4.45. The number of nitrogens with zero attached hydrogens (tertiary/aromatic N) is 1. The van der Waals surface area contributed by atoms with Crippen LogP contribution in [0.2, 0.25) is 0 Å². The number of ketones is 1. The van der Waals surface area contributed by atoms with Gasteiger partial charge in [-0.25, -0.2) is 4.57 Å². The number of methoxy groups -OCH3 is 1. The Bertz CT molecular complexity index is 722. The summed E-state index contributed by atoms with van der Waals surface area (Å²) < 4.78 is 7.46. The fraction of sp³-hybridized carbons (Fsp3) is 0.391. The van der Waals surface area contributed by atoms with E-state index in [1.165, 1.54) is 38.5 Å². The average Bonchev–Trinajstić information content (AvgIpc) is 2.69. The van der Waals surface area contributed by atoms with Gasteiger partial charge < -0.3 is 4.74 Å². The Hall–Kier alpha value is -2.42. The summed E-state index contributed by atoms with van der Waals surface area (Å²) >= 11 is 0. The lowest BCUT2D eigenvalue weighted by atomic mass is 10.1. The molecule has 0 fully saturated rings. The summed E-state index contributed by atoms with van der Waals surface area (Å²) in [7, 11) is 1.58. The van der Waals surface area contributed by atoms with Gasteiger partial charge in [0.05, 0.1) is 12.7 Å². The van der Waals surface area contributed by atoms with Crippen LogP contribution in [0.4, 0.5) is 0 Å². The molecule has 3 nitrogen and oxygen atoms in total. The van der Waals surface area contributed by atoms with Crippen LogP contribution >= 0.6 is 0 Å². The van der Waals surface area contributed by atoms with Crippen LogP contribution in [0.15, 0.2) is 54.9 Å². The Kier molecular flexibility index (Phi) is 8.61. The van der Waals surface area contributed by atoms with Crippen molar-refractivity contribution in [1.29, 1.82) is 0 Å². The van der Waals surface area contributed by atoms with Gasteiger partial charge >= 0.3 is 0 Å². The molecule has 0 aliphatic carbocycles. The maximum atomic E-state index is 12.4. The first-order valence-electron chi connectivity index (χ1n) is 9.59. The third-order valence-corrected chi connectivity index (χ3v) is 4.45. The smallest absolute Gasteiger partial charge is 0.189 e. The number of pyridine rings is 1. The molecule has 2 rings (SSSR count). The number of benzene rings is 1. The lowest BCUT2D eigenvalue weighted by Crippen LogP contribution is -2.32. The van der Waals surface area contributed by atoms with Crippen molar-refractivity contribution in [1.82, 2.24) is 0 Å². The van der Waals surface area contributed by atoms with Gasteiger partial charge in [0.1, 0.15) is 12.3 Å². The van der Waals surface area contributed by atoms with E-state index in [1.54, 1.807) is 25.3 Å². The minimum Gasteiger partial charge on any atom is -0.496 e. The summed E-state index contributed by atoms with van der Waals surface area (Å²) in [6.07, 6.45) is 15.4. The Morgan fingerprint density at radius 1 is 1.04 bits per heavy atom. The SMILES string of the molecule is CCCCCCCC[n+]1cccc(/C=C/C(=O)c2ccccc2OC)c1. The first kappa shape index (κ1) is 19.9. The minimum absolute atomic E-state index is 0.0474. The molecule has 1 aromatic carbocycles. The van der Waals surface area contributed by atoms with Crippen molar-refractivity contribution in [3.8, 4) is 5.75 Å². The van der Waals surface area contributed by atoms with E-state index in [0.29, 0.717) is 11.3 Å². The highest BCUT2D eigenvalue weighted by molar-refractivity contribution is 6.08. The van der Waals surface area contributed by atoms with Crippen LogP contribution in [0.5, 0.6) is 5.75 Å². The Morgan fingerprint density at radius 3 is 2.62 bits per heavy atom. The number of aryl methyl sites for hydroxylation is 1. The number of hydrogen-bond donors (Lipinski definition) is 0. The van der Waals surface area contributed by atoms with E-state index in [2.05, 4.69) is 23.9 Å². The maximum Gasteiger partial charge on any atom is 0.189 e. The molecule has 0 amide bonds. The summed E-state index contributed by atoms with van der Waals surface area (Å²) in [4.78, 5) is 12.4. The normalized spacial score (nSPS) is 11.0. The Morgan fingerprint density at radius 2 is 1.81 bits per heavy atom. The molecular weight excluding hydrogens is 322 g/mol. The number of para-hydroxylation sites is 1. The summed E-state index contributed by atoms with van der Waals surface area (Å²) in [5.41, 5.74) is 1.61. The minimum atomic E-state index is -0.0474. The molecule has 0 aliphatic heterocycles. The van der Waals surface area contributed by atoms with Crippen molar-refractivity contribution in [2.24, 2.45) is 0 Å². The van der Waals surface area contributed by atoms with Gasteiger partial charge in [0.2, 0.25) is 0 Å². The van der Waals surface area contributed by atoms with Crippen LogP contribution in [0.3, 0.4) is 0 Å². The molecule has 0 atom stereocenters. The maximum absolute atomic E-state index is 12.4. The lowest BCUT2D eigenvalue weighted by molar-refractivity contribution is -0.697. The summed E-state index contributed by atoms with van der Waals surface area (Å²) in [5, 5.41) is 0. The van der Waals surface area contributed by atoms with Crippen molar-refractivity contribution in [2.75, 3.05) is 7.11 Å². The van der Waals surface area contributed by atoms with Crippen LogP contribution in [0.1, 0.15) is 61.4 Å². The summed E-state index contributed by atoms with van der Waals surface area (Å²) in [6, 6.07) is 11.4. The van der Waals surface area contributed by atoms with Gasteiger partial charge in [-0.15, -0.1) is 0 Å². The highest BCUT2D eigenvalue weighted by Gasteiger charge is 2.08.